The monoisotopic (exact) mass is 304 g/mol. The third kappa shape index (κ3) is 3.88. The first kappa shape index (κ1) is 16.3. The van der Waals surface area contributed by atoms with Crippen molar-refractivity contribution in [3.05, 3.63) is 34.2 Å². The lowest BCUT2D eigenvalue weighted by atomic mass is 10.1. The molecule has 2 rings (SSSR count). The summed E-state index contributed by atoms with van der Waals surface area (Å²) in [4.78, 5) is 20.1. The van der Waals surface area contributed by atoms with Gasteiger partial charge in [0.15, 0.2) is 0 Å². The van der Waals surface area contributed by atoms with Crippen LogP contribution in [-0.4, -0.2) is 17.3 Å². The Morgan fingerprint density at radius 3 is 2.29 bits per heavy atom. The summed E-state index contributed by atoms with van der Waals surface area (Å²) in [6.45, 7) is 1.78. The molecular weight excluding hydrogens is 293 g/mol. The summed E-state index contributed by atoms with van der Waals surface area (Å²) < 4.78 is 36.7. The molecule has 6 nitrogen and oxygen atoms in total. The van der Waals surface area contributed by atoms with Crippen LogP contribution in [0.2, 0.25) is 0 Å². The van der Waals surface area contributed by atoms with Crippen LogP contribution in [0.5, 0.6) is 0 Å². The van der Waals surface area contributed by atoms with Crippen LogP contribution >= 0.6 is 0 Å². The average Bonchev–Trinajstić information content (AvgIpc) is 2.35. The number of benzene rings is 1. The Morgan fingerprint density at radius 2 is 1.81 bits per heavy atom. The van der Waals surface area contributed by atoms with Crippen molar-refractivity contribution in [2.45, 2.75) is 13.1 Å². The first-order valence-corrected chi connectivity index (χ1v) is 5.42. The number of anilines is 2. The highest BCUT2D eigenvalue weighted by Gasteiger charge is 2.38. The molecule has 0 unspecified atom stereocenters. The number of hydrogen-bond donors (Lipinski definition) is 3. The van der Waals surface area contributed by atoms with E-state index in [1.165, 1.54) is 0 Å². The van der Waals surface area contributed by atoms with Gasteiger partial charge in [-0.15, -0.1) is 0 Å². The van der Waals surface area contributed by atoms with Crippen LogP contribution in [0.25, 0.3) is 11.0 Å². The highest BCUT2D eigenvalue weighted by atomic mass is 19.4. The topological polar surface area (TPSA) is 120 Å². The molecule has 0 aliphatic carbocycles. The first-order valence-electron chi connectivity index (χ1n) is 5.42. The van der Waals surface area contributed by atoms with Gasteiger partial charge in [0, 0.05) is 17.1 Å². The SMILES string of the molecule is Cc1c(N)c(=O)oc2cc(N)ccc12.O=C(O)C(F)(F)F. The Kier molecular flexibility index (Phi) is 4.46. The van der Waals surface area contributed by atoms with Gasteiger partial charge in [-0.1, -0.05) is 0 Å². The van der Waals surface area contributed by atoms with Gasteiger partial charge in [0.25, 0.3) is 0 Å². The van der Waals surface area contributed by atoms with Crippen molar-refractivity contribution in [2.75, 3.05) is 11.5 Å². The second-order valence-corrected chi connectivity index (χ2v) is 3.99. The van der Waals surface area contributed by atoms with Crippen LogP contribution < -0.4 is 17.1 Å². The quantitative estimate of drug-likeness (QED) is 0.505. The Morgan fingerprint density at radius 1 is 1.29 bits per heavy atom. The minimum absolute atomic E-state index is 0.155. The van der Waals surface area contributed by atoms with E-state index in [-0.39, 0.29) is 5.69 Å². The van der Waals surface area contributed by atoms with Crippen LogP contribution in [0.1, 0.15) is 5.56 Å². The lowest BCUT2D eigenvalue weighted by molar-refractivity contribution is -0.192. The van der Waals surface area contributed by atoms with Gasteiger partial charge in [0.2, 0.25) is 0 Å². The van der Waals surface area contributed by atoms with Crippen LogP contribution in [-0.2, 0) is 4.79 Å². The van der Waals surface area contributed by atoms with Gasteiger partial charge in [-0.2, -0.15) is 13.2 Å². The predicted octanol–water partition coefficient (Wildman–Crippen LogP) is 1.90. The fourth-order valence-electron chi connectivity index (χ4n) is 1.39. The number of nitrogens with two attached hydrogens (primary N) is 2. The number of carbonyl (C=O) groups is 1. The summed E-state index contributed by atoms with van der Waals surface area (Å²) >= 11 is 0. The average molecular weight is 304 g/mol. The molecule has 0 saturated heterocycles. The zero-order chi connectivity index (χ0) is 16.4. The van der Waals surface area contributed by atoms with Crippen LogP contribution in [0, 0.1) is 6.92 Å². The van der Waals surface area contributed by atoms with E-state index < -0.39 is 17.8 Å². The van der Waals surface area contributed by atoms with Crippen molar-refractivity contribution in [1.82, 2.24) is 0 Å². The van der Waals surface area contributed by atoms with Crippen molar-refractivity contribution < 1.29 is 27.5 Å². The number of alkyl halides is 3. The van der Waals surface area contributed by atoms with Gasteiger partial charge in [0.05, 0.1) is 0 Å². The molecule has 0 aliphatic heterocycles. The molecule has 0 aliphatic rings. The summed E-state index contributed by atoms with van der Waals surface area (Å²) in [5, 5.41) is 7.94. The smallest absolute Gasteiger partial charge is 0.475 e. The van der Waals surface area contributed by atoms with Gasteiger partial charge < -0.3 is 21.0 Å². The molecule has 0 amide bonds. The van der Waals surface area contributed by atoms with E-state index in [9.17, 15) is 18.0 Å². The summed E-state index contributed by atoms with van der Waals surface area (Å²) in [5.41, 5.74) is 12.5. The lowest BCUT2D eigenvalue weighted by Gasteiger charge is -2.03. The third-order valence-electron chi connectivity index (χ3n) is 2.48. The maximum atomic E-state index is 11.2. The number of hydrogen-bond acceptors (Lipinski definition) is 5. The summed E-state index contributed by atoms with van der Waals surface area (Å²) in [6, 6.07) is 5.15. The second-order valence-electron chi connectivity index (χ2n) is 3.99. The molecule has 0 radical (unpaired) electrons. The maximum Gasteiger partial charge on any atom is 0.490 e. The highest BCUT2D eigenvalue weighted by molar-refractivity contribution is 5.86. The Balaban J connectivity index is 0.000000270. The van der Waals surface area contributed by atoms with E-state index in [0.29, 0.717) is 11.3 Å². The number of carboxylic acids is 1. The number of carboxylic acid groups (broad SMARTS) is 1. The molecule has 0 saturated carbocycles. The molecule has 1 heterocycles. The van der Waals surface area contributed by atoms with E-state index >= 15 is 0 Å². The van der Waals surface area contributed by atoms with Crippen molar-refractivity contribution in [1.29, 1.82) is 0 Å². The summed E-state index contributed by atoms with van der Waals surface area (Å²) in [5.74, 6) is -2.76. The van der Waals surface area contributed by atoms with Crippen molar-refractivity contribution in [3.63, 3.8) is 0 Å². The molecule has 21 heavy (non-hydrogen) atoms. The standard InChI is InChI=1S/C10H10N2O2.C2HF3O2/c1-5-7-3-2-6(11)4-8(7)14-10(13)9(5)12;3-2(4,5)1(6)7/h2-4H,11-12H2,1H3;(H,6,7). The largest absolute Gasteiger partial charge is 0.490 e. The minimum Gasteiger partial charge on any atom is -0.475 e. The Bertz CT molecular complexity index is 738. The lowest BCUT2D eigenvalue weighted by Crippen LogP contribution is -2.21. The van der Waals surface area contributed by atoms with Crippen molar-refractivity contribution in [2.24, 2.45) is 0 Å². The molecule has 9 heteroatoms. The zero-order valence-corrected chi connectivity index (χ0v) is 10.7. The molecule has 0 fully saturated rings. The van der Waals surface area contributed by atoms with Gasteiger partial charge in [0.1, 0.15) is 11.3 Å². The van der Waals surface area contributed by atoms with E-state index in [0.717, 1.165) is 10.9 Å². The molecule has 1 aromatic heterocycles. The zero-order valence-electron chi connectivity index (χ0n) is 10.7. The number of aliphatic carboxylic acids is 1. The van der Waals surface area contributed by atoms with E-state index in [4.69, 9.17) is 25.8 Å². The van der Waals surface area contributed by atoms with Crippen LogP contribution in [0.3, 0.4) is 0 Å². The highest BCUT2D eigenvalue weighted by Crippen LogP contribution is 2.22. The molecule has 0 spiro atoms. The van der Waals surface area contributed by atoms with E-state index in [2.05, 4.69) is 0 Å². The summed E-state index contributed by atoms with van der Waals surface area (Å²) in [6.07, 6.45) is -5.08. The molecule has 0 atom stereocenters. The van der Waals surface area contributed by atoms with Gasteiger partial charge in [-0.3, -0.25) is 0 Å². The number of fused-ring (bicyclic) bond motifs is 1. The molecule has 0 bridgehead atoms. The molecule has 1 aromatic carbocycles. The predicted molar refractivity (Wildman–Crippen MR) is 69.7 cm³/mol. The summed E-state index contributed by atoms with van der Waals surface area (Å²) in [7, 11) is 0. The molecular formula is C12H11F3N2O4. The number of aryl methyl sites for hydroxylation is 1. The Labute approximate surface area is 115 Å². The fourth-order valence-corrected chi connectivity index (χ4v) is 1.39. The van der Waals surface area contributed by atoms with Gasteiger partial charge >= 0.3 is 17.8 Å². The second kappa shape index (κ2) is 5.73. The van der Waals surface area contributed by atoms with E-state index in [1.807, 2.05) is 0 Å². The normalized spacial score (nSPS) is 10.9. The van der Waals surface area contributed by atoms with Crippen LogP contribution in [0.4, 0.5) is 24.5 Å². The number of rotatable bonds is 0. The maximum absolute atomic E-state index is 11.2. The number of nitrogen functional groups attached to an aromatic ring is 2. The third-order valence-corrected chi connectivity index (χ3v) is 2.48. The molecule has 114 valence electrons. The molecule has 5 N–H and O–H groups in total. The Hall–Kier alpha value is -2.71. The first-order chi connectivity index (χ1) is 9.54. The van der Waals surface area contributed by atoms with Gasteiger partial charge in [-0.05, 0) is 24.6 Å². The molecule has 2 aromatic rings. The van der Waals surface area contributed by atoms with Crippen LogP contribution in [0.15, 0.2) is 27.4 Å². The fraction of sp³-hybridized carbons (Fsp3) is 0.167. The number of halogens is 3. The van der Waals surface area contributed by atoms with E-state index in [1.54, 1.807) is 25.1 Å². The van der Waals surface area contributed by atoms with Crippen molar-refractivity contribution in [3.8, 4) is 0 Å². The minimum atomic E-state index is -5.08. The van der Waals surface area contributed by atoms with Gasteiger partial charge in [-0.25, -0.2) is 9.59 Å². The van der Waals surface area contributed by atoms with Crippen molar-refractivity contribution >= 4 is 28.3 Å².